The lowest BCUT2D eigenvalue weighted by Gasteiger charge is -2.56. The van der Waals surface area contributed by atoms with Crippen molar-refractivity contribution >= 4 is 0 Å². The standard InChI is InChI=1S/C27H47O6/c1-8-15-16-20-23-25(28-9-2,29-10-3)27(32-13-6,33-14-7)26(30-11-4,31-12-5)24-21-18-17-19-22-24/h17-19,21H,8-16,20,23H2,1-7H3. The van der Waals surface area contributed by atoms with E-state index in [-0.39, 0.29) is 0 Å². The second-order valence-corrected chi connectivity index (χ2v) is 7.67. The topological polar surface area (TPSA) is 55.4 Å². The zero-order valence-electron chi connectivity index (χ0n) is 22.0. The van der Waals surface area contributed by atoms with Crippen LogP contribution in [0, 0.1) is 6.07 Å². The van der Waals surface area contributed by atoms with Gasteiger partial charge in [-0.3, -0.25) is 0 Å². The number of ether oxygens (including phenoxy) is 6. The van der Waals surface area contributed by atoms with E-state index in [1.54, 1.807) is 0 Å². The number of hydrogen-bond acceptors (Lipinski definition) is 6. The fourth-order valence-corrected chi connectivity index (χ4v) is 4.47. The van der Waals surface area contributed by atoms with Crippen LogP contribution < -0.4 is 0 Å². The van der Waals surface area contributed by atoms with Gasteiger partial charge in [-0.1, -0.05) is 50.5 Å². The van der Waals surface area contributed by atoms with Crippen molar-refractivity contribution in [3.63, 3.8) is 0 Å². The van der Waals surface area contributed by atoms with Crippen LogP contribution >= 0.6 is 0 Å². The fraction of sp³-hybridized carbons (Fsp3) is 0.778. The van der Waals surface area contributed by atoms with Crippen molar-refractivity contribution in [3.05, 3.63) is 35.9 Å². The molecule has 0 heterocycles. The minimum Gasteiger partial charge on any atom is -0.345 e. The van der Waals surface area contributed by atoms with Crippen LogP contribution in [-0.2, 0) is 34.2 Å². The highest BCUT2D eigenvalue weighted by molar-refractivity contribution is 5.24. The van der Waals surface area contributed by atoms with Crippen molar-refractivity contribution in [1.82, 2.24) is 0 Å². The van der Waals surface area contributed by atoms with Crippen LogP contribution in [0.1, 0.15) is 86.1 Å². The van der Waals surface area contributed by atoms with Gasteiger partial charge in [-0.25, -0.2) is 0 Å². The number of unbranched alkanes of at least 4 members (excludes halogenated alkanes) is 3. The Bertz CT molecular complexity index is 588. The third-order valence-corrected chi connectivity index (χ3v) is 5.50. The van der Waals surface area contributed by atoms with Gasteiger partial charge in [0.05, 0.1) is 0 Å². The van der Waals surface area contributed by atoms with Gasteiger partial charge in [0, 0.05) is 51.6 Å². The van der Waals surface area contributed by atoms with Crippen LogP contribution in [0.5, 0.6) is 0 Å². The van der Waals surface area contributed by atoms with Gasteiger partial charge in [-0.15, -0.1) is 0 Å². The minimum atomic E-state index is -1.54. The lowest BCUT2D eigenvalue weighted by atomic mass is 9.85. The Kier molecular flexibility index (Phi) is 14.4. The molecule has 6 nitrogen and oxygen atoms in total. The molecule has 0 aliphatic heterocycles. The minimum absolute atomic E-state index is 0.353. The van der Waals surface area contributed by atoms with E-state index in [1.165, 1.54) is 0 Å². The maximum atomic E-state index is 6.58. The van der Waals surface area contributed by atoms with Crippen molar-refractivity contribution in [3.8, 4) is 0 Å². The van der Waals surface area contributed by atoms with Crippen LogP contribution in [0.25, 0.3) is 0 Å². The third kappa shape index (κ3) is 6.77. The van der Waals surface area contributed by atoms with E-state index in [9.17, 15) is 0 Å². The molecule has 191 valence electrons. The summed E-state index contributed by atoms with van der Waals surface area (Å²) in [5.41, 5.74) is 0.674. The Balaban J connectivity index is 3.93. The van der Waals surface area contributed by atoms with Gasteiger partial charge in [0.1, 0.15) is 0 Å². The largest absolute Gasteiger partial charge is 0.345 e. The number of benzene rings is 1. The summed E-state index contributed by atoms with van der Waals surface area (Å²) in [6.45, 7) is 16.1. The monoisotopic (exact) mass is 467 g/mol. The molecule has 33 heavy (non-hydrogen) atoms. The summed E-state index contributed by atoms with van der Waals surface area (Å²) in [5, 5.41) is 0. The van der Waals surface area contributed by atoms with E-state index < -0.39 is 17.4 Å². The van der Waals surface area contributed by atoms with E-state index in [4.69, 9.17) is 28.4 Å². The van der Waals surface area contributed by atoms with Crippen LogP contribution in [0.3, 0.4) is 0 Å². The van der Waals surface area contributed by atoms with Crippen LogP contribution in [-0.4, -0.2) is 51.2 Å². The molecule has 6 heteroatoms. The molecule has 0 N–H and O–H groups in total. The summed E-state index contributed by atoms with van der Waals surface area (Å²) in [5.74, 6) is -4.26. The highest BCUT2D eigenvalue weighted by atomic mass is 16.8. The van der Waals surface area contributed by atoms with Crippen LogP contribution in [0.15, 0.2) is 24.3 Å². The highest BCUT2D eigenvalue weighted by Gasteiger charge is 2.70. The van der Waals surface area contributed by atoms with E-state index in [0.717, 1.165) is 25.7 Å². The first-order chi connectivity index (χ1) is 16.0. The first kappa shape index (κ1) is 30.0. The van der Waals surface area contributed by atoms with E-state index in [0.29, 0.717) is 51.6 Å². The molecule has 0 spiro atoms. The van der Waals surface area contributed by atoms with Crippen LogP contribution in [0.4, 0.5) is 0 Å². The highest BCUT2D eigenvalue weighted by Crippen LogP contribution is 2.51. The molecular weight excluding hydrogens is 420 g/mol. The van der Waals surface area contributed by atoms with Crippen molar-refractivity contribution in [2.75, 3.05) is 39.6 Å². The maximum absolute atomic E-state index is 6.58. The Morgan fingerprint density at radius 2 is 1.18 bits per heavy atom. The second kappa shape index (κ2) is 15.8. The zero-order valence-corrected chi connectivity index (χ0v) is 22.0. The van der Waals surface area contributed by atoms with Crippen molar-refractivity contribution in [1.29, 1.82) is 0 Å². The molecule has 0 amide bonds. The molecule has 1 radical (unpaired) electrons. The Labute approximate surface area is 202 Å². The summed E-state index contributed by atoms with van der Waals surface area (Å²) in [6.07, 6.45) is 4.80. The Morgan fingerprint density at radius 1 is 0.636 bits per heavy atom. The first-order valence-electron chi connectivity index (χ1n) is 12.8. The maximum Gasteiger partial charge on any atom is 0.284 e. The van der Waals surface area contributed by atoms with Crippen molar-refractivity contribution < 1.29 is 28.4 Å². The molecule has 0 aromatic heterocycles. The number of hydrogen-bond donors (Lipinski definition) is 0. The summed E-state index contributed by atoms with van der Waals surface area (Å²) in [4.78, 5) is 0. The molecular formula is C27H47O6. The van der Waals surface area contributed by atoms with E-state index in [2.05, 4.69) is 13.0 Å². The molecule has 0 saturated heterocycles. The SMILES string of the molecule is CCCCCCC(OCC)(OCC)C(OCC)(OCC)C(OCC)(OCC)c1[c]cccc1. The third-order valence-electron chi connectivity index (χ3n) is 5.50. The lowest BCUT2D eigenvalue weighted by molar-refractivity contribution is -0.503. The van der Waals surface area contributed by atoms with Gasteiger partial charge in [0.15, 0.2) is 0 Å². The van der Waals surface area contributed by atoms with E-state index in [1.807, 2.05) is 65.8 Å². The summed E-state index contributed by atoms with van der Waals surface area (Å²) >= 11 is 0. The average molecular weight is 468 g/mol. The molecule has 0 aliphatic rings. The normalized spacial score (nSPS) is 12.9. The van der Waals surface area contributed by atoms with E-state index >= 15 is 0 Å². The van der Waals surface area contributed by atoms with Crippen molar-refractivity contribution in [2.45, 2.75) is 97.9 Å². The van der Waals surface area contributed by atoms with Gasteiger partial charge in [-0.05, 0) is 54.0 Å². The lowest BCUT2D eigenvalue weighted by Crippen LogP contribution is -2.72. The summed E-state index contributed by atoms with van der Waals surface area (Å²) < 4.78 is 39.1. The summed E-state index contributed by atoms with van der Waals surface area (Å²) in [6, 6.07) is 10.9. The molecule has 0 unspecified atom stereocenters. The first-order valence-corrected chi connectivity index (χ1v) is 12.8. The molecule has 0 aliphatic carbocycles. The fourth-order valence-electron chi connectivity index (χ4n) is 4.47. The van der Waals surface area contributed by atoms with Gasteiger partial charge in [-0.2, -0.15) is 0 Å². The van der Waals surface area contributed by atoms with Gasteiger partial charge in [0.2, 0.25) is 5.79 Å². The molecule has 1 aromatic rings. The van der Waals surface area contributed by atoms with Gasteiger partial charge in [0.25, 0.3) is 11.6 Å². The average Bonchev–Trinajstić information content (AvgIpc) is 2.82. The smallest absolute Gasteiger partial charge is 0.284 e. The second-order valence-electron chi connectivity index (χ2n) is 7.67. The molecule has 0 bridgehead atoms. The predicted octanol–water partition coefficient (Wildman–Crippen LogP) is 6.22. The molecule has 0 atom stereocenters. The molecule has 0 saturated carbocycles. The predicted molar refractivity (Wildman–Crippen MR) is 131 cm³/mol. The molecule has 1 aromatic carbocycles. The summed E-state index contributed by atoms with van der Waals surface area (Å²) in [7, 11) is 0. The number of rotatable bonds is 20. The van der Waals surface area contributed by atoms with Crippen LogP contribution in [0.2, 0.25) is 0 Å². The quantitative estimate of drug-likeness (QED) is 0.168. The van der Waals surface area contributed by atoms with Gasteiger partial charge >= 0.3 is 0 Å². The van der Waals surface area contributed by atoms with Gasteiger partial charge < -0.3 is 28.4 Å². The van der Waals surface area contributed by atoms with Crippen molar-refractivity contribution in [2.24, 2.45) is 0 Å². The Morgan fingerprint density at radius 3 is 1.61 bits per heavy atom. The molecule has 0 fully saturated rings. The Hall–Kier alpha value is -1.02. The molecule has 1 rings (SSSR count). The zero-order chi connectivity index (χ0) is 24.6.